The monoisotopic (exact) mass is 446 g/mol. The molecule has 1 aliphatic heterocycles. The number of anilines is 1. The number of pyridine rings is 2. The number of aromatic nitrogens is 2. The van der Waals surface area contributed by atoms with E-state index in [0.717, 1.165) is 40.4 Å². The Bertz CT molecular complexity index is 1530. The lowest BCUT2D eigenvalue weighted by molar-refractivity contribution is -0.120. The molecular formula is C28H22N4O2. The Morgan fingerprint density at radius 1 is 1.00 bits per heavy atom. The Labute approximate surface area is 196 Å². The van der Waals surface area contributed by atoms with Crippen LogP contribution in [0.2, 0.25) is 0 Å². The number of nitrogens with zero attached hydrogens (tertiary/aromatic N) is 2. The van der Waals surface area contributed by atoms with Crippen LogP contribution in [-0.4, -0.2) is 21.8 Å². The van der Waals surface area contributed by atoms with Crippen LogP contribution in [-0.2, 0) is 29.5 Å². The molecule has 3 heterocycles. The van der Waals surface area contributed by atoms with Crippen LogP contribution in [0.25, 0.3) is 10.9 Å². The highest BCUT2D eigenvalue weighted by Crippen LogP contribution is 2.47. The van der Waals surface area contributed by atoms with E-state index in [1.807, 2.05) is 36.4 Å². The Morgan fingerprint density at radius 3 is 2.76 bits per heavy atom. The molecule has 1 spiro atoms. The largest absolute Gasteiger partial charge is 0.344 e. The van der Waals surface area contributed by atoms with Gasteiger partial charge in [0.25, 0.3) is 5.91 Å². The van der Waals surface area contributed by atoms with Crippen molar-refractivity contribution in [2.45, 2.75) is 37.1 Å². The third-order valence-corrected chi connectivity index (χ3v) is 7.66. The van der Waals surface area contributed by atoms with Crippen molar-refractivity contribution in [1.29, 1.82) is 0 Å². The number of rotatable bonds is 2. The van der Waals surface area contributed by atoms with E-state index in [1.165, 1.54) is 11.1 Å². The zero-order chi connectivity index (χ0) is 22.9. The molecule has 2 atom stereocenters. The highest BCUT2D eigenvalue weighted by Gasteiger charge is 2.51. The summed E-state index contributed by atoms with van der Waals surface area (Å²) < 4.78 is 0. The van der Waals surface area contributed by atoms with E-state index in [4.69, 9.17) is 4.98 Å². The second kappa shape index (κ2) is 6.97. The molecular weight excluding hydrogens is 424 g/mol. The fourth-order valence-electron chi connectivity index (χ4n) is 5.96. The molecule has 0 bridgehead atoms. The molecule has 0 radical (unpaired) electrons. The SMILES string of the molecule is O=C(NC1CCc2ccccc21)c1ccc2cc3c(cc2n1)CC1(C3)C(=O)Nc2ncccc21. The summed E-state index contributed by atoms with van der Waals surface area (Å²) in [6, 6.07) is 20.1. The predicted octanol–water partition coefficient (Wildman–Crippen LogP) is 4.04. The van der Waals surface area contributed by atoms with E-state index in [1.54, 1.807) is 12.3 Å². The summed E-state index contributed by atoms with van der Waals surface area (Å²) in [4.78, 5) is 35.1. The standard InChI is InChI=1S/C28H22N4O2/c33-26(31-22-9-7-16-4-1-2-5-20(16)22)23-10-8-17-12-18-14-28(15-19(18)13-24(17)30-23)21-6-3-11-29-25(21)32-27(28)34/h1-6,8,10-13,22H,7,9,14-15H2,(H,31,33)(H,29,32,34). The van der Waals surface area contributed by atoms with Gasteiger partial charge < -0.3 is 10.6 Å². The van der Waals surface area contributed by atoms with Gasteiger partial charge in [0.15, 0.2) is 0 Å². The van der Waals surface area contributed by atoms with E-state index in [0.29, 0.717) is 24.4 Å². The summed E-state index contributed by atoms with van der Waals surface area (Å²) in [5.74, 6) is 0.512. The van der Waals surface area contributed by atoms with Crippen LogP contribution in [0, 0.1) is 0 Å². The summed E-state index contributed by atoms with van der Waals surface area (Å²) >= 11 is 0. The smallest absolute Gasteiger partial charge is 0.270 e. The van der Waals surface area contributed by atoms with E-state index in [-0.39, 0.29) is 17.9 Å². The summed E-state index contributed by atoms with van der Waals surface area (Å²) in [7, 11) is 0. The van der Waals surface area contributed by atoms with Crippen molar-refractivity contribution in [3.8, 4) is 0 Å². The molecule has 7 rings (SSSR count). The van der Waals surface area contributed by atoms with Gasteiger partial charge in [-0.05, 0) is 72.2 Å². The van der Waals surface area contributed by atoms with Crippen molar-refractivity contribution in [2.24, 2.45) is 0 Å². The number of hydrogen-bond donors (Lipinski definition) is 2. The van der Waals surface area contributed by atoms with E-state index in [9.17, 15) is 9.59 Å². The van der Waals surface area contributed by atoms with Crippen LogP contribution in [0.4, 0.5) is 5.82 Å². The molecule has 2 N–H and O–H groups in total. The van der Waals surface area contributed by atoms with Gasteiger partial charge in [-0.25, -0.2) is 9.97 Å². The molecule has 34 heavy (non-hydrogen) atoms. The van der Waals surface area contributed by atoms with E-state index in [2.05, 4.69) is 33.8 Å². The quantitative estimate of drug-likeness (QED) is 0.487. The molecule has 4 aromatic rings. The molecule has 0 fully saturated rings. The number of aryl methyl sites for hydroxylation is 1. The summed E-state index contributed by atoms with van der Waals surface area (Å²) in [5.41, 5.74) is 6.30. The lowest BCUT2D eigenvalue weighted by Gasteiger charge is -2.20. The second-order valence-electron chi connectivity index (χ2n) is 9.56. The highest BCUT2D eigenvalue weighted by molar-refractivity contribution is 6.06. The third kappa shape index (κ3) is 2.75. The van der Waals surface area contributed by atoms with Gasteiger partial charge in [-0.1, -0.05) is 36.4 Å². The van der Waals surface area contributed by atoms with Crippen molar-refractivity contribution in [1.82, 2.24) is 15.3 Å². The van der Waals surface area contributed by atoms with E-state index >= 15 is 0 Å². The van der Waals surface area contributed by atoms with E-state index < -0.39 is 5.41 Å². The molecule has 2 aromatic carbocycles. The van der Waals surface area contributed by atoms with Crippen molar-refractivity contribution < 1.29 is 9.59 Å². The second-order valence-corrected chi connectivity index (χ2v) is 9.56. The van der Waals surface area contributed by atoms with Crippen molar-refractivity contribution in [2.75, 3.05) is 5.32 Å². The number of nitrogens with one attached hydrogen (secondary N) is 2. The first-order valence-electron chi connectivity index (χ1n) is 11.7. The number of carbonyl (C=O) groups excluding carboxylic acids is 2. The first-order chi connectivity index (χ1) is 16.6. The number of benzene rings is 2. The molecule has 2 amide bonds. The van der Waals surface area contributed by atoms with Gasteiger partial charge in [-0.2, -0.15) is 0 Å². The Balaban J connectivity index is 1.20. The first kappa shape index (κ1) is 19.4. The molecule has 3 aliphatic rings. The molecule has 0 saturated heterocycles. The number of fused-ring (bicyclic) bond motifs is 5. The van der Waals surface area contributed by atoms with Crippen LogP contribution in [0.3, 0.4) is 0 Å². The maximum atomic E-state index is 13.0. The van der Waals surface area contributed by atoms with Crippen molar-refractivity contribution in [3.63, 3.8) is 0 Å². The van der Waals surface area contributed by atoms with Crippen LogP contribution in [0.15, 0.2) is 66.9 Å². The molecule has 0 saturated carbocycles. The Morgan fingerprint density at radius 2 is 1.85 bits per heavy atom. The predicted molar refractivity (Wildman–Crippen MR) is 129 cm³/mol. The third-order valence-electron chi connectivity index (χ3n) is 7.66. The zero-order valence-corrected chi connectivity index (χ0v) is 18.5. The average Bonchev–Trinajstić information content (AvgIpc) is 3.51. The molecule has 6 nitrogen and oxygen atoms in total. The normalized spacial score (nSPS) is 21.9. The van der Waals surface area contributed by atoms with Crippen LogP contribution in [0.5, 0.6) is 0 Å². The minimum absolute atomic E-state index is 0.00586. The van der Waals surface area contributed by atoms with Crippen LogP contribution >= 0.6 is 0 Å². The Kier molecular flexibility index (Phi) is 3.98. The van der Waals surface area contributed by atoms with Gasteiger partial charge in [-0.15, -0.1) is 0 Å². The molecule has 2 aliphatic carbocycles. The number of carbonyl (C=O) groups is 2. The summed E-state index contributed by atoms with van der Waals surface area (Å²) in [5, 5.41) is 7.09. The van der Waals surface area contributed by atoms with Crippen LogP contribution < -0.4 is 10.6 Å². The minimum atomic E-state index is -0.612. The fraction of sp³-hybridized carbons (Fsp3) is 0.214. The summed E-state index contributed by atoms with van der Waals surface area (Å²) in [6.07, 6.45) is 4.85. The lowest BCUT2D eigenvalue weighted by Crippen LogP contribution is -2.35. The molecule has 2 aromatic heterocycles. The van der Waals surface area contributed by atoms with Gasteiger partial charge >= 0.3 is 0 Å². The van der Waals surface area contributed by atoms with Gasteiger partial charge in [-0.3, -0.25) is 9.59 Å². The van der Waals surface area contributed by atoms with Gasteiger partial charge in [0, 0.05) is 17.1 Å². The maximum absolute atomic E-state index is 13.0. The van der Waals surface area contributed by atoms with Crippen LogP contribution in [0.1, 0.15) is 50.8 Å². The topological polar surface area (TPSA) is 84.0 Å². The van der Waals surface area contributed by atoms with Gasteiger partial charge in [0.1, 0.15) is 11.5 Å². The Hall–Kier alpha value is -4.06. The summed E-state index contributed by atoms with van der Waals surface area (Å²) in [6.45, 7) is 0. The van der Waals surface area contributed by atoms with Gasteiger partial charge in [0.2, 0.25) is 5.91 Å². The average molecular weight is 447 g/mol. The fourth-order valence-corrected chi connectivity index (χ4v) is 5.96. The lowest BCUT2D eigenvalue weighted by atomic mass is 9.79. The van der Waals surface area contributed by atoms with Crippen molar-refractivity contribution >= 4 is 28.5 Å². The molecule has 6 heteroatoms. The zero-order valence-electron chi connectivity index (χ0n) is 18.5. The highest BCUT2D eigenvalue weighted by atomic mass is 16.2. The van der Waals surface area contributed by atoms with Gasteiger partial charge in [0.05, 0.1) is 17.0 Å². The maximum Gasteiger partial charge on any atom is 0.270 e. The number of hydrogen-bond acceptors (Lipinski definition) is 4. The minimum Gasteiger partial charge on any atom is -0.344 e. The van der Waals surface area contributed by atoms with Crippen molar-refractivity contribution in [3.05, 3.63) is 100 Å². The molecule has 166 valence electrons. The first-order valence-corrected chi connectivity index (χ1v) is 11.7. The molecule has 2 unspecified atom stereocenters. The number of amides is 2.